The van der Waals surface area contributed by atoms with Gasteiger partial charge in [0.05, 0.1) is 21.4 Å². The van der Waals surface area contributed by atoms with Gasteiger partial charge in [-0.25, -0.2) is 8.78 Å². The van der Waals surface area contributed by atoms with Crippen molar-refractivity contribution < 1.29 is 13.0 Å². The molecule has 2 nitrogen and oxygen atoms in total. The molecule has 0 aromatic heterocycles. The summed E-state index contributed by atoms with van der Waals surface area (Å²) in [4.78, 5) is 0.209. The van der Waals surface area contributed by atoms with Gasteiger partial charge in [-0.05, 0) is 35.9 Å². The molecule has 0 radical (unpaired) electrons. The van der Waals surface area contributed by atoms with E-state index in [9.17, 15) is 13.0 Å². The van der Waals surface area contributed by atoms with Gasteiger partial charge in [0.15, 0.2) is 0 Å². The van der Waals surface area contributed by atoms with Crippen LogP contribution in [0, 0.1) is 11.6 Å². The molecule has 0 saturated carbocycles. The number of benzene rings is 2. The van der Waals surface area contributed by atoms with Crippen molar-refractivity contribution >= 4 is 28.1 Å². The number of hydrogen-bond donors (Lipinski definition) is 1. The molecule has 2 rings (SSSR count). The summed E-state index contributed by atoms with van der Waals surface area (Å²) in [5.41, 5.74) is 6.42. The monoisotopic (exact) mass is 301 g/mol. The minimum Gasteiger partial charge on any atom is -0.398 e. The van der Waals surface area contributed by atoms with E-state index in [1.165, 1.54) is 24.3 Å². The van der Waals surface area contributed by atoms with Gasteiger partial charge in [0.1, 0.15) is 11.6 Å². The molecule has 0 fully saturated rings. The third-order valence-corrected chi connectivity index (χ3v) is 4.29. The van der Waals surface area contributed by atoms with Crippen LogP contribution in [0.15, 0.2) is 41.3 Å². The second kappa shape index (κ2) is 5.67. The highest BCUT2D eigenvalue weighted by Gasteiger charge is 2.12. The van der Waals surface area contributed by atoms with Gasteiger partial charge in [-0.3, -0.25) is 4.21 Å². The Hall–Kier alpha value is -1.46. The average molecular weight is 302 g/mol. The van der Waals surface area contributed by atoms with E-state index < -0.39 is 22.4 Å². The summed E-state index contributed by atoms with van der Waals surface area (Å²) in [5.74, 6) is -0.931. The zero-order valence-corrected chi connectivity index (χ0v) is 11.3. The van der Waals surface area contributed by atoms with E-state index >= 15 is 0 Å². The van der Waals surface area contributed by atoms with E-state index in [1.807, 2.05) is 0 Å². The molecule has 0 aliphatic rings. The SMILES string of the molecule is Nc1ccc(F)cc1S(=O)Cc1ccc(F)cc1Cl. The molecule has 0 saturated heterocycles. The van der Waals surface area contributed by atoms with Crippen LogP contribution in [-0.4, -0.2) is 4.21 Å². The van der Waals surface area contributed by atoms with E-state index in [-0.39, 0.29) is 21.4 Å². The zero-order chi connectivity index (χ0) is 14.0. The molecule has 1 atom stereocenters. The zero-order valence-electron chi connectivity index (χ0n) is 9.70. The lowest BCUT2D eigenvalue weighted by Crippen LogP contribution is -2.02. The molecule has 6 heteroatoms. The predicted molar refractivity (Wildman–Crippen MR) is 72.3 cm³/mol. The van der Waals surface area contributed by atoms with Gasteiger partial charge < -0.3 is 5.73 Å². The molecule has 0 spiro atoms. The van der Waals surface area contributed by atoms with Crippen LogP contribution < -0.4 is 5.73 Å². The van der Waals surface area contributed by atoms with Crippen molar-refractivity contribution in [2.45, 2.75) is 10.6 Å². The van der Waals surface area contributed by atoms with Crippen molar-refractivity contribution in [3.05, 3.63) is 58.6 Å². The van der Waals surface area contributed by atoms with E-state index in [1.54, 1.807) is 0 Å². The Balaban J connectivity index is 2.28. The van der Waals surface area contributed by atoms with Crippen LogP contribution in [0.2, 0.25) is 5.02 Å². The van der Waals surface area contributed by atoms with Crippen LogP contribution in [0.1, 0.15) is 5.56 Å². The number of rotatable bonds is 3. The Morgan fingerprint density at radius 3 is 2.42 bits per heavy atom. The van der Waals surface area contributed by atoms with E-state index in [0.29, 0.717) is 5.56 Å². The first kappa shape index (κ1) is 14.0. The summed E-state index contributed by atoms with van der Waals surface area (Å²) in [5, 5.41) is 0.184. The Labute approximate surface area is 116 Å². The molecule has 0 heterocycles. The van der Waals surface area contributed by atoms with Crippen molar-refractivity contribution in [2.75, 3.05) is 5.73 Å². The minimum absolute atomic E-state index is 0.0484. The van der Waals surface area contributed by atoms with Gasteiger partial charge in [-0.15, -0.1) is 0 Å². The summed E-state index contributed by atoms with van der Waals surface area (Å²) < 4.78 is 38.1. The molecule has 19 heavy (non-hydrogen) atoms. The Bertz CT molecular complexity index is 649. The van der Waals surface area contributed by atoms with Crippen molar-refractivity contribution in [3.63, 3.8) is 0 Å². The van der Waals surface area contributed by atoms with Crippen molar-refractivity contribution in [1.82, 2.24) is 0 Å². The number of nitrogens with two attached hydrogens (primary N) is 1. The molecule has 1 unspecified atom stereocenters. The lowest BCUT2D eigenvalue weighted by molar-refractivity contribution is 0.623. The number of halogens is 3. The molecule has 2 aromatic carbocycles. The van der Waals surface area contributed by atoms with Crippen LogP contribution >= 0.6 is 11.6 Å². The number of anilines is 1. The fraction of sp³-hybridized carbons (Fsp3) is 0.0769. The van der Waals surface area contributed by atoms with Crippen LogP contribution in [0.5, 0.6) is 0 Å². The second-order valence-corrected chi connectivity index (χ2v) is 5.73. The third kappa shape index (κ3) is 3.30. The van der Waals surface area contributed by atoms with Crippen molar-refractivity contribution in [1.29, 1.82) is 0 Å². The molecule has 2 N–H and O–H groups in total. The number of hydrogen-bond acceptors (Lipinski definition) is 2. The summed E-state index contributed by atoms with van der Waals surface area (Å²) in [6.07, 6.45) is 0. The Morgan fingerprint density at radius 2 is 1.74 bits per heavy atom. The highest BCUT2D eigenvalue weighted by atomic mass is 35.5. The molecule has 2 aromatic rings. The first-order chi connectivity index (χ1) is 8.97. The molecule has 100 valence electrons. The van der Waals surface area contributed by atoms with E-state index in [0.717, 1.165) is 12.1 Å². The van der Waals surface area contributed by atoms with Crippen LogP contribution in [0.25, 0.3) is 0 Å². The maximum atomic E-state index is 13.1. The largest absolute Gasteiger partial charge is 0.398 e. The lowest BCUT2D eigenvalue weighted by Gasteiger charge is -2.07. The van der Waals surface area contributed by atoms with Crippen molar-refractivity contribution in [3.8, 4) is 0 Å². The summed E-state index contributed by atoms with van der Waals surface area (Å²) in [6.45, 7) is 0. The molecular weight excluding hydrogens is 292 g/mol. The first-order valence-corrected chi connectivity index (χ1v) is 7.04. The van der Waals surface area contributed by atoms with Crippen LogP contribution in [0.3, 0.4) is 0 Å². The smallest absolute Gasteiger partial charge is 0.124 e. The van der Waals surface area contributed by atoms with Crippen LogP contribution in [-0.2, 0) is 16.6 Å². The lowest BCUT2D eigenvalue weighted by atomic mass is 10.2. The molecular formula is C13H10ClF2NOS. The minimum atomic E-state index is -1.55. The van der Waals surface area contributed by atoms with Gasteiger partial charge in [-0.1, -0.05) is 17.7 Å². The standard InChI is InChI=1S/C13H10ClF2NOS/c14-11-5-9(15)2-1-8(11)7-19(18)13-6-10(16)3-4-12(13)17/h1-6H,7,17H2. The Morgan fingerprint density at radius 1 is 1.11 bits per heavy atom. The average Bonchev–Trinajstić information content (AvgIpc) is 2.35. The fourth-order valence-corrected chi connectivity index (χ4v) is 3.14. The summed E-state index contributed by atoms with van der Waals surface area (Å²) in [7, 11) is -1.55. The Kier molecular flexibility index (Phi) is 4.17. The summed E-state index contributed by atoms with van der Waals surface area (Å²) in [6, 6.07) is 7.50. The highest BCUT2D eigenvalue weighted by molar-refractivity contribution is 7.84. The molecule has 0 bridgehead atoms. The quantitative estimate of drug-likeness (QED) is 0.882. The van der Waals surface area contributed by atoms with Gasteiger partial charge in [0, 0.05) is 10.7 Å². The third-order valence-electron chi connectivity index (χ3n) is 2.52. The van der Waals surface area contributed by atoms with Gasteiger partial charge in [0.25, 0.3) is 0 Å². The van der Waals surface area contributed by atoms with Crippen molar-refractivity contribution in [2.24, 2.45) is 0 Å². The van der Waals surface area contributed by atoms with Gasteiger partial charge in [-0.2, -0.15) is 0 Å². The molecule has 0 aliphatic carbocycles. The molecule has 0 amide bonds. The van der Waals surface area contributed by atoms with E-state index in [4.69, 9.17) is 17.3 Å². The maximum absolute atomic E-state index is 13.1. The number of nitrogen functional groups attached to an aromatic ring is 1. The predicted octanol–water partition coefficient (Wildman–Crippen LogP) is 3.51. The van der Waals surface area contributed by atoms with E-state index in [2.05, 4.69) is 0 Å². The van der Waals surface area contributed by atoms with Gasteiger partial charge in [0.2, 0.25) is 0 Å². The maximum Gasteiger partial charge on any atom is 0.124 e. The highest BCUT2D eigenvalue weighted by Crippen LogP contribution is 2.24. The van der Waals surface area contributed by atoms with Crippen LogP contribution in [0.4, 0.5) is 14.5 Å². The normalized spacial score (nSPS) is 12.4. The summed E-state index contributed by atoms with van der Waals surface area (Å²) >= 11 is 5.85. The first-order valence-electron chi connectivity index (χ1n) is 5.34. The second-order valence-electron chi connectivity index (χ2n) is 3.91. The molecule has 0 aliphatic heterocycles. The topological polar surface area (TPSA) is 43.1 Å². The van der Waals surface area contributed by atoms with Gasteiger partial charge >= 0.3 is 0 Å². The fourth-order valence-electron chi connectivity index (χ4n) is 1.56.